The first kappa shape index (κ1) is 13.2. The van der Waals surface area contributed by atoms with E-state index in [-0.39, 0.29) is 0 Å². The van der Waals surface area contributed by atoms with E-state index in [1.165, 1.54) is 6.07 Å². The number of hydrogen-bond donors (Lipinski definition) is 0. The van der Waals surface area contributed by atoms with E-state index < -0.39 is 17.8 Å². The van der Waals surface area contributed by atoms with Crippen LogP contribution in [0, 0.1) is 11.6 Å². The fourth-order valence-electron chi connectivity index (χ4n) is 2.23. The molecular weight excluding hydrogens is 267 g/mol. The maximum absolute atomic E-state index is 13.2. The monoisotopic (exact) mass is 281 g/mol. The normalized spacial score (nSPS) is 16.4. The summed E-state index contributed by atoms with van der Waals surface area (Å²) in [5.74, 6) is -1.75. The Morgan fingerprint density at radius 2 is 1.95 bits per heavy atom. The molecule has 1 saturated heterocycles. The van der Waals surface area contributed by atoms with E-state index in [0.717, 1.165) is 18.7 Å². The second-order valence-electron chi connectivity index (χ2n) is 4.98. The fraction of sp³-hybridized carbons (Fsp3) is 0.357. The third-order valence-electron chi connectivity index (χ3n) is 3.44. The number of hydrogen-bond acceptors (Lipinski definition) is 2. The highest BCUT2D eigenvalue weighted by Gasteiger charge is 2.25. The lowest BCUT2D eigenvalue weighted by Crippen LogP contribution is -2.49. The highest BCUT2D eigenvalue weighted by Crippen LogP contribution is 2.19. The molecule has 3 nitrogen and oxygen atoms in total. The Bertz CT molecular complexity index is 605. The quantitative estimate of drug-likeness (QED) is 0.858. The lowest BCUT2D eigenvalue weighted by atomic mass is 10.1. The van der Waals surface area contributed by atoms with Crippen LogP contribution in [-0.4, -0.2) is 40.3 Å². The van der Waals surface area contributed by atoms with Crippen LogP contribution < -0.4 is 0 Å². The van der Waals surface area contributed by atoms with Crippen molar-refractivity contribution < 1.29 is 13.2 Å². The summed E-state index contributed by atoms with van der Waals surface area (Å²) in [5, 5.41) is 0. The summed E-state index contributed by atoms with van der Waals surface area (Å²) in [5.41, 5.74) is 1.13. The zero-order valence-electron chi connectivity index (χ0n) is 10.8. The zero-order chi connectivity index (χ0) is 14.1. The summed E-state index contributed by atoms with van der Waals surface area (Å²) < 4.78 is 40.6. The van der Waals surface area contributed by atoms with E-state index in [0.29, 0.717) is 30.9 Å². The van der Waals surface area contributed by atoms with E-state index in [4.69, 9.17) is 0 Å². The minimum atomic E-state index is -0.883. The SMILES string of the molecule is Fc1ccc(-c2cn(CCN3CC(F)C3)cn2)cc1F. The summed E-state index contributed by atoms with van der Waals surface area (Å²) >= 11 is 0. The lowest BCUT2D eigenvalue weighted by Gasteiger charge is -2.34. The molecule has 6 heteroatoms. The highest BCUT2D eigenvalue weighted by molar-refractivity contribution is 5.58. The molecule has 3 rings (SSSR count). The molecule has 2 heterocycles. The van der Waals surface area contributed by atoms with Crippen molar-refractivity contribution >= 4 is 0 Å². The van der Waals surface area contributed by atoms with Gasteiger partial charge in [0.05, 0.1) is 12.0 Å². The molecule has 0 radical (unpaired) electrons. The Morgan fingerprint density at radius 3 is 2.65 bits per heavy atom. The van der Waals surface area contributed by atoms with E-state index in [9.17, 15) is 13.2 Å². The van der Waals surface area contributed by atoms with Crippen LogP contribution in [0.1, 0.15) is 0 Å². The molecule has 20 heavy (non-hydrogen) atoms. The van der Waals surface area contributed by atoms with Gasteiger partial charge in [0.2, 0.25) is 0 Å². The molecule has 0 atom stereocenters. The molecule has 2 aromatic rings. The molecule has 1 aliphatic heterocycles. The van der Waals surface area contributed by atoms with Crippen LogP contribution in [0.15, 0.2) is 30.7 Å². The van der Waals surface area contributed by atoms with Crippen molar-refractivity contribution in [1.82, 2.24) is 14.5 Å². The first-order valence-electron chi connectivity index (χ1n) is 6.45. The van der Waals surface area contributed by atoms with Gasteiger partial charge in [-0.25, -0.2) is 18.2 Å². The summed E-state index contributed by atoms with van der Waals surface area (Å²) in [6, 6.07) is 3.71. The number of likely N-dealkylation sites (tertiary alicyclic amines) is 1. The number of nitrogens with zero attached hydrogens (tertiary/aromatic N) is 3. The topological polar surface area (TPSA) is 21.1 Å². The number of aromatic nitrogens is 2. The highest BCUT2D eigenvalue weighted by atomic mass is 19.2. The lowest BCUT2D eigenvalue weighted by molar-refractivity contribution is 0.0628. The molecule has 1 fully saturated rings. The Balaban J connectivity index is 1.65. The van der Waals surface area contributed by atoms with E-state index in [1.807, 2.05) is 9.47 Å². The number of alkyl halides is 1. The molecule has 1 aromatic carbocycles. The van der Waals surface area contributed by atoms with E-state index >= 15 is 0 Å². The Morgan fingerprint density at radius 1 is 1.15 bits per heavy atom. The smallest absolute Gasteiger partial charge is 0.159 e. The molecule has 0 aliphatic carbocycles. The van der Waals surface area contributed by atoms with Crippen LogP contribution in [0.3, 0.4) is 0 Å². The van der Waals surface area contributed by atoms with Crippen molar-refractivity contribution in [2.45, 2.75) is 12.7 Å². The van der Waals surface area contributed by atoms with Crippen LogP contribution in [-0.2, 0) is 6.54 Å². The zero-order valence-corrected chi connectivity index (χ0v) is 10.8. The Hall–Kier alpha value is -1.82. The van der Waals surface area contributed by atoms with Crippen molar-refractivity contribution in [2.75, 3.05) is 19.6 Å². The second kappa shape index (κ2) is 5.28. The van der Waals surface area contributed by atoms with Crippen molar-refractivity contribution in [3.8, 4) is 11.3 Å². The number of rotatable bonds is 4. The minimum absolute atomic E-state index is 0.491. The summed E-state index contributed by atoms with van der Waals surface area (Å²) in [4.78, 5) is 6.19. The van der Waals surface area contributed by atoms with Gasteiger partial charge in [-0.15, -0.1) is 0 Å². The van der Waals surface area contributed by atoms with Crippen molar-refractivity contribution in [2.24, 2.45) is 0 Å². The van der Waals surface area contributed by atoms with E-state index in [2.05, 4.69) is 4.98 Å². The van der Waals surface area contributed by atoms with Crippen molar-refractivity contribution in [3.63, 3.8) is 0 Å². The second-order valence-corrected chi connectivity index (χ2v) is 4.98. The van der Waals surface area contributed by atoms with E-state index in [1.54, 1.807) is 12.5 Å². The third-order valence-corrected chi connectivity index (χ3v) is 3.44. The summed E-state index contributed by atoms with van der Waals surface area (Å²) in [6.45, 7) is 2.44. The van der Waals surface area contributed by atoms with Gasteiger partial charge in [0.15, 0.2) is 11.6 Å². The average molecular weight is 281 g/mol. The number of imidazole rings is 1. The van der Waals surface area contributed by atoms with Gasteiger partial charge in [-0.05, 0) is 18.2 Å². The maximum atomic E-state index is 13.2. The third kappa shape index (κ3) is 2.70. The first-order chi connectivity index (χ1) is 9.61. The maximum Gasteiger partial charge on any atom is 0.159 e. The van der Waals surface area contributed by atoms with Gasteiger partial charge in [0.25, 0.3) is 0 Å². The van der Waals surface area contributed by atoms with Crippen molar-refractivity contribution in [3.05, 3.63) is 42.4 Å². The van der Waals surface area contributed by atoms with Crippen LogP contribution in [0.25, 0.3) is 11.3 Å². The standard InChI is InChI=1S/C14H14F3N3/c15-11-6-19(7-11)3-4-20-8-14(18-9-20)10-1-2-12(16)13(17)5-10/h1-2,5,8-9,11H,3-4,6-7H2. The molecular formula is C14H14F3N3. The van der Waals surface area contributed by atoms with Gasteiger partial charge >= 0.3 is 0 Å². The molecule has 1 aliphatic rings. The van der Waals surface area contributed by atoms with Gasteiger partial charge in [-0.2, -0.15) is 0 Å². The molecule has 0 saturated carbocycles. The molecule has 0 unspecified atom stereocenters. The van der Waals surface area contributed by atoms with Crippen LogP contribution in [0.4, 0.5) is 13.2 Å². The minimum Gasteiger partial charge on any atom is -0.336 e. The van der Waals surface area contributed by atoms with Crippen LogP contribution in [0.2, 0.25) is 0 Å². The molecule has 0 amide bonds. The molecule has 106 valence electrons. The van der Waals surface area contributed by atoms with Gasteiger partial charge in [0.1, 0.15) is 6.17 Å². The van der Waals surface area contributed by atoms with Gasteiger partial charge in [-0.3, -0.25) is 4.90 Å². The Kier molecular flexibility index (Phi) is 3.48. The summed E-state index contributed by atoms with van der Waals surface area (Å²) in [7, 11) is 0. The predicted octanol–water partition coefficient (Wildman–Crippen LogP) is 2.48. The van der Waals surface area contributed by atoms with Gasteiger partial charge < -0.3 is 4.57 Å². The largest absolute Gasteiger partial charge is 0.336 e. The average Bonchev–Trinajstić information content (AvgIpc) is 2.85. The van der Waals surface area contributed by atoms with Crippen molar-refractivity contribution in [1.29, 1.82) is 0 Å². The molecule has 0 spiro atoms. The van der Waals surface area contributed by atoms with Gasteiger partial charge in [-0.1, -0.05) is 0 Å². The number of halogens is 3. The molecule has 0 N–H and O–H groups in total. The van der Waals surface area contributed by atoms with Gasteiger partial charge in [0, 0.05) is 37.9 Å². The predicted molar refractivity (Wildman–Crippen MR) is 68.9 cm³/mol. The molecule has 1 aromatic heterocycles. The Labute approximate surface area is 114 Å². The van der Waals surface area contributed by atoms with Crippen LogP contribution >= 0.6 is 0 Å². The first-order valence-corrected chi connectivity index (χ1v) is 6.45. The molecule has 0 bridgehead atoms. The summed E-state index contributed by atoms with van der Waals surface area (Å²) in [6.07, 6.45) is 2.72. The fourth-order valence-corrected chi connectivity index (χ4v) is 2.23. The number of benzene rings is 1. The van der Waals surface area contributed by atoms with Crippen LogP contribution in [0.5, 0.6) is 0 Å².